The van der Waals surface area contributed by atoms with Gasteiger partial charge in [0.15, 0.2) is 0 Å². The lowest BCUT2D eigenvalue weighted by Gasteiger charge is -2.12. The maximum absolute atomic E-state index is 11.1. The molecule has 0 heterocycles. The summed E-state index contributed by atoms with van der Waals surface area (Å²) in [6, 6.07) is 0. The highest BCUT2D eigenvalue weighted by atomic mass is 16.5. The van der Waals surface area contributed by atoms with Crippen molar-refractivity contribution < 1.29 is 9.53 Å². The first-order chi connectivity index (χ1) is 5.75. The van der Waals surface area contributed by atoms with Crippen molar-refractivity contribution in [3.05, 3.63) is 23.8 Å². The summed E-state index contributed by atoms with van der Waals surface area (Å²) in [5.74, 6) is -0.278. The average molecular weight is 166 g/mol. The molecule has 1 rings (SSSR count). The zero-order chi connectivity index (χ0) is 8.97. The van der Waals surface area contributed by atoms with Crippen molar-refractivity contribution >= 4 is 5.97 Å². The number of rotatable bonds is 2. The highest BCUT2D eigenvalue weighted by Gasteiger charge is 2.16. The number of esters is 1. The fourth-order valence-corrected chi connectivity index (χ4v) is 1.27. The molecule has 0 N–H and O–H groups in total. The molecule has 1 unspecified atom stereocenters. The molecule has 0 saturated carbocycles. The van der Waals surface area contributed by atoms with Crippen LogP contribution in [0.25, 0.3) is 0 Å². The second-order valence-corrected chi connectivity index (χ2v) is 2.93. The smallest absolute Gasteiger partial charge is 0.312 e. The lowest BCUT2D eigenvalue weighted by molar-refractivity contribution is -0.143. The molecule has 0 amide bonds. The van der Waals surface area contributed by atoms with Crippen molar-refractivity contribution in [2.24, 2.45) is 5.92 Å². The summed E-state index contributed by atoms with van der Waals surface area (Å²) in [4.78, 5) is 11.1. The Bertz CT molecular complexity index is 226. The van der Waals surface area contributed by atoms with E-state index in [1.54, 1.807) is 0 Å². The Morgan fingerprint density at radius 2 is 2.33 bits per heavy atom. The van der Waals surface area contributed by atoms with E-state index in [0.29, 0.717) is 0 Å². The standard InChI is InChI=1S/C10H14O2/c1-8(10(11)12-2)9-6-4-3-5-7-9/h4,6-8H,3,5H2,1-2H3. The van der Waals surface area contributed by atoms with Crippen LogP contribution in [0.3, 0.4) is 0 Å². The van der Waals surface area contributed by atoms with Crippen LogP contribution < -0.4 is 0 Å². The van der Waals surface area contributed by atoms with Gasteiger partial charge in [0.1, 0.15) is 0 Å². The number of methoxy groups -OCH3 is 1. The van der Waals surface area contributed by atoms with E-state index in [9.17, 15) is 4.79 Å². The molecule has 0 aromatic heterocycles. The molecule has 0 aromatic rings. The third-order valence-electron chi connectivity index (χ3n) is 2.08. The molecule has 0 fully saturated rings. The number of carbonyl (C=O) groups is 1. The lowest BCUT2D eigenvalue weighted by Crippen LogP contribution is -2.14. The Balaban J connectivity index is 2.63. The molecule has 2 nitrogen and oxygen atoms in total. The molecule has 0 aromatic carbocycles. The number of ether oxygens (including phenoxy) is 1. The summed E-state index contributed by atoms with van der Waals surface area (Å²) >= 11 is 0. The maximum atomic E-state index is 11.1. The Morgan fingerprint density at radius 1 is 1.58 bits per heavy atom. The predicted molar refractivity (Wildman–Crippen MR) is 47.6 cm³/mol. The van der Waals surface area contributed by atoms with E-state index in [2.05, 4.69) is 16.9 Å². The first kappa shape index (κ1) is 9.04. The van der Waals surface area contributed by atoms with Crippen LogP contribution in [-0.2, 0) is 9.53 Å². The maximum Gasteiger partial charge on any atom is 0.312 e. The van der Waals surface area contributed by atoms with Gasteiger partial charge < -0.3 is 4.74 Å². The third-order valence-corrected chi connectivity index (χ3v) is 2.08. The molecule has 0 bridgehead atoms. The summed E-state index contributed by atoms with van der Waals surface area (Å²) < 4.78 is 4.65. The van der Waals surface area contributed by atoms with Gasteiger partial charge in [-0.2, -0.15) is 0 Å². The Hall–Kier alpha value is -1.05. The molecule has 66 valence electrons. The van der Waals surface area contributed by atoms with Gasteiger partial charge in [-0.1, -0.05) is 18.2 Å². The highest BCUT2D eigenvalue weighted by Crippen LogP contribution is 2.18. The molecule has 0 saturated heterocycles. The Morgan fingerprint density at radius 3 is 2.83 bits per heavy atom. The van der Waals surface area contributed by atoms with Crippen LogP contribution >= 0.6 is 0 Å². The monoisotopic (exact) mass is 166 g/mol. The van der Waals surface area contributed by atoms with Gasteiger partial charge in [-0.05, 0) is 25.3 Å². The van der Waals surface area contributed by atoms with E-state index < -0.39 is 0 Å². The zero-order valence-electron chi connectivity index (χ0n) is 7.54. The van der Waals surface area contributed by atoms with Gasteiger partial charge in [-0.25, -0.2) is 0 Å². The van der Waals surface area contributed by atoms with E-state index in [1.165, 1.54) is 7.11 Å². The fourth-order valence-electron chi connectivity index (χ4n) is 1.27. The molecule has 0 radical (unpaired) electrons. The first-order valence-corrected chi connectivity index (χ1v) is 4.20. The summed E-state index contributed by atoms with van der Waals surface area (Å²) in [5, 5.41) is 0. The van der Waals surface area contributed by atoms with Gasteiger partial charge in [0, 0.05) is 0 Å². The van der Waals surface area contributed by atoms with Crippen molar-refractivity contribution in [1.82, 2.24) is 0 Å². The number of hydrogen-bond donors (Lipinski definition) is 0. The van der Waals surface area contributed by atoms with Crippen molar-refractivity contribution in [2.45, 2.75) is 19.8 Å². The Labute approximate surface area is 72.9 Å². The third kappa shape index (κ3) is 1.97. The fraction of sp³-hybridized carbons (Fsp3) is 0.500. The minimum Gasteiger partial charge on any atom is -0.469 e. The molecular formula is C10H14O2. The van der Waals surface area contributed by atoms with Gasteiger partial charge >= 0.3 is 5.97 Å². The van der Waals surface area contributed by atoms with Crippen LogP contribution in [0, 0.1) is 5.92 Å². The first-order valence-electron chi connectivity index (χ1n) is 4.20. The highest BCUT2D eigenvalue weighted by molar-refractivity contribution is 5.76. The molecule has 1 aliphatic carbocycles. The van der Waals surface area contributed by atoms with Crippen molar-refractivity contribution in [1.29, 1.82) is 0 Å². The van der Waals surface area contributed by atoms with Gasteiger partial charge in [-0.15, -0.1) is 0 Å². The van der Waals surface area contributed by atoms with E-state index in [0.717, 1.165) is 18.4 Å². The topological polar surface area (TPSA) is 26.3 Å². The second-order valence-electron chi connectivity index (χ2n) is 2.93. The molecule has 0 spiro atoms. The normalized spacial score (nSPS) is 18.3. The number of allylic oxidation sites excluding steroid dienone is 3. The SMILES string of the molecule is COC(=O)C(C)C1=CCCC=C1. The molecule has 12 heavy (non-hydrogen) atoms. The van der Waals surface area contributed by atoms with E-state index in [4.69, 9.17) is 0 Å². The van der Waals surface area contributed by atoms with Gasteiger partial charge in [0.25, 0.3) is 0 Å². The number of carbonyl (C=O) groups excluding carboxylic acids is 1. The summed E-state index contributed by atoms with van der Waals surface area (Å²) in [5.41, 5.74) is 1.08. The summed E-state index contributed by atoms with van der Waals surface area (Å²) in [6.45, 7) is 1.87. The predicted octanol–water partition coefficient (Wildman–Crippen LogP) is 2.07. The lowest BCUT2D eigenvalue weighted by atomic mass is 9.96. The van der Waals surface area contributed by atoms with Crippen molar-refractivity contribution in [3.63, 3.8) is 0 Å². The quantitative estimate of drug-likeness (QED) is 0.587. The number of hydrogen-bond acceptors (Lipinski definition) is 2. The minimum absolute atomic E-state index is 0.119. The molecular weight excluding hydrogens is 152 g/mol. The summed E-state index contributed by atoms with van der Waals surface area (Å²) in [6.07, 6.45) is 8.31. The van der Waals surface area contributed by atoms with E-state index >= 15 is 0 Å². The Kier molecular flexibility index (Phi) is 3.09. The second kappa shape index (κ2) is 4.10. The van der Waals surface area contributed by atoms with Crippen molar-refractivity contribution in [3.8, 4) is 0 Å². The van der Waals surface area contributed by atoms with Gasteiger partial charge in [0.05, 0.1) is 13.0 Å². The molecule has 0 aliphatic heterocycles. The van der Waals surface area contributed by atoms with Crippen molar-refractivity contribution in [2.75, 3.05) is 7.11 Å². The molecule has 1 atom stereocenters. The largest absolute Gasteiger partial charge is 0.469 e. The minimum atomic E-state index is -0.159. The van der Waals surface area contributed by atoms with Gasteiger partial charge in [0.2, 0.25) is 0 Å². The van der Waals surface area contributed by atoms with Crippen LogP contribution in [0.2, 0.25) is 0 Å². The van der Waals surface area contributed by atoms with Gasteiger partial charge in [-0.3, -0.25) is 4.79 Å². The van der Waals surface area contributed by atoms with Crippen LogP contribution in [0.4, 0.5) is 0 Å². The zero-order valence-corrected chi connectivity index (χ0v) is 7.54. The van der Waals surface area contributed by atoms with Crippen LogP contribution in [0.1, 0.15) is 19.8 Å². The molecule has 1 aliphatic rings. The van der Waals surface area contributed by atoms with Crippen LogP contribution in [0.5, 0.6) is 0 Å². The van der Waals surface area contributed by atoms with E-state index in [1.807, 2.05) is 13.0 Å². The summed E-state index contributed by atoms with van der Waals surface area (Å²) in [7, 11) is 1.42. The van der Waals surface area contributed by atoms with Crippen LogP contribution in [0.15, 0.2) is 23.8 Å². The average Bonchev–Trinajstić information content (AvgIpc) is 2.17. The van der Waals surface area contributed by atoms with E-state index in [-0.39, 0.29) is 11.9 Å². The molecule has 2 heteroatoms. The van der Waals surface area contributed by atoms with Crippen LogP contribution in [-0.4, -0.2) is 13.1 Å².